The van der Waals surface area contributed by atoms with E-state index < -0.39 is 17.3 Å². The summed E-state index contributed by atoms with van der Waals surface area (Å²) in [5.41, 5.74) is -0.138. The molecule has 1 aromatic carbocycles. The molecule has 1 aromatic heterocycles. The quantitative estimate of drug-likeness (QED) is 0.474. The van der Waals surface area contributed by atoms with Crippen LogP contribution in [0.25, 0.3) is 11.0 Å². The molecule has 0 amide bonds. The van der Waals surface area contributed by atoms with E-state index in [0.29, 0.717) is 16.9 Å². The molecule has 0 unspecified atom stereocenters. The van der Waals surface area contributed by atoms with Gasteiger partial charge in [0.2, 0.25) is 0 Å². The number of esters is 1. The molecule has 108 valence electrons. The molecule has 0 bridgehead atoms. The zero-order valence-electron chi connectivity index (χ0n) is 11.4. The zero-order valence-corrected chi connectivity index (χ0v) is 11.4. The number of rotatable bonds is 2. The van der Waals surface area contributed by atoms with Crippen molar-refractivity contribution in [1.29, 1.82) is 0 Å². The van der Waals surface area contributed by atoms with Gasteiger partial charge in [0.15, 0.2) is 11.7 Å². The summed E-state index contributed by atoms with van der Waals surface area (Å²) in [4.78, 5) is 23.1. The Morgan fingerprint density at radius 3 is 2.67 bits per heavy atom. The van der Waals surface area contributed by atoms with E-state index >= 15 is 0 Å². The maximum absolute atomic E-state index is 11.8. The summed E-state index contributed by atoms with van der Waals surface area (Å²) in [5.74, 6) is 0.133. The number of methoxy groups -OCH3 is 1. The fourth-order valence-electron chi connectivity index (χ4n) is 2.78. The van der Waals surface area contributed by atoms with Crippen molar-refractivity contribution < 1.29 is 23.4 Å². The second-order valence-corrected chi connectivity index (χ2v) is 5.36. The Bertz CT molecular complexity index is 823. The summed E-state index contributed by atoms with van der Waals surface area (Å²) in [6, 6.07) is 6.42. The molecule has 6 heteroatoms. The highest BCUT2D eigenvalue weighted by Crippen LogP contribution is 2.54. The predicted molar refractivity (Wildman–Crippen MR) is 71.1 cm³/mol. The molecule has 0 N–H and O–H groups in total. The summed E-state index contributed by atoms with van der Waals surface area (Å²) < 4.78 is 21.3. The molecule has 0 saturated carbocycles. The zero-order chi connectivity index (χ0) is 14.8. The smallest absolute Gasteiger partial charge is 0.341 e. The van der Waals surface area contributed by atoms with Crippen molar-refractivity contribution in [2.24, 2.45) is 0 Å². The van der Waals surface area contributed by atoms with Crippen molar-refractivity contribution in [3.8, 4) is 5.75 Å². The van der Waals surface area contributed by atoms with Crippen LogP contribution in [0.5, 0.6) is 5.75 Å². The highest BCUT2D eigenvalue weighted by molar-refractivity contribution is 5.87. The first-order chi connectivity index (χ1) is 10.0. The van der Waals surface area contributed by atoms with Crippen LogP contribution < -0.4 is 10.4 Å². The van der Waals surface area contributed by atoms with Gasteiger partial charge in [0.05, 0.1) is 7.11 Å². The van der Waals surface area contributed by atoms with E-state index in [-0.39, 0.29) is 12.1 Å². The topological polar surface area (TPSA) is 78.3 Å². The number of ether oxygens (including phenoxy) is 3. The SMILES string of the molecule is COc1cc2oc(=O)ccc2cc1[C@@H]1OC(=O)[C@@]2(C)O[C@@H]12. The molecule has 2 aromatic rings. The van der Waals surface area contributed by atoms with Gasteiger partial charge in [-0.1, -0.05) is 0 Å². The first-order valence-electron chi connectivity index (χ1n) is 6.53. The number of epoxide rings is 1. The molecule has 2 aliphatic heterocycles. The summed E-state index contributed by atoms with van der Waals surface area (Å²) >= 11 is 0. The number of carbonyl (C=O) groups excluding carboxylic acids is 1. The second kappa shape index (κ2) is 3.85. The second-order valence-electron chi connectivity index (χ2n) is 5.36. The molecule has 4 rings (SSSR count). The largest absolute Gasteiger partial charge is 0.496 e. The van der Waals surface area contributed by atoms with Crippen molar-refractivity contribution >= 4 is 16.9 Å². The van der Waals surface area contributed by atoms with E-state index in [1.54, 1.807) is 25.1 Å². The molecular formula is C15H12O6. The van der Waals surface area contributed by atoms with Crippen LogP contribution in [0.1, 0.15) is 18.6 Å². The molecule has 2 aliphatic rings. The molecule has 21 heavy (non-hydrogen) atoms. The maximum Gasteiger partial charge on any atom is 0.341 e. The molecule has 3 heterocycles. The minimum absolute atomic E-state index is 0.299. The van der Waals surface area contributed by atoms with Crippen molar-refractivity contribution in [1.82, 2.24) is 0 Å². The molecule has 0 spiro atoms. The number of cyclic esters (lactones) is 1. The number of hydrogen-bond donors (Lipinski definition) is 0. The Morgan fingerprint density at radius 2 is 2.05 bits per heavy atom. The monoisotopic (exact) mass is 288 g/mol. The third-order valence-electron chi connectivity index (χ3n) is 4.05. The van der Waals surface area contributed by atoms with Gasteiger partial charge in [-0.05, 0) is 19.1 Å². The number of benzene rings is 1. The Kier molecular flexibility index (Phi) is 2.28. The van der Waals surface area contributed by atoms with Crippen molar-refractivity contribution in [2.45, 2.75) is 24.7 Å². The van der Waals surface area contributed by atoms with Gasteiger partial charge in [-0.3, -0.25) is 0 Å². The van der Waals surface area contributed by atoms with Crippen LogP contribution >= 0.6 is 0 Å². The lowest BCUT2D eigenvalue weighted by Gasteiger charge is -2.16. The van der Waals surface area contributed by atoms with E-state index in [0.717, 1.165) is 5.39 Å². The summed E-state index contributed by atoms with van der Waals surface area (Å²) in [6.07, 6.45) is -0.805. The van der Waals surface area contributed by atoms with E-state index in [1.807, 2.05) is 0 Å². The van der Waals surface area contributed by atoms with Crippen LogP contribution in [-0.2, 0) is 14.3 Å². The van der Waals surface area contributed by atoms with Gasteiger partial charge in [-0.25, -0.2) is 9.59 Å². The van der Waals surface area contributed by atoms with Crippen molar-refractivity contribution in [3.05, 3.63) is 40.2 Å². The third kappa shape index (κ3) is 1.62. The molecule has 6 nitrogen and oxygen atoms in total. The molecule has 3 atom stereocenters. The van der Waals surface area contributed by atoms with E-state index in [1.165, 1.54) is 13.2 Å². The van der Waals surface area contributed by atoms with Gasteiger partial charge >= 0.3 is 11.6 Å². The first-order valence-corrected chi connectivity index (χ1v) is 6.53. The summed E-state index contributed by atoms with van der Waals surface area (Å²) in [7, 11) is 1.51. The van der Waals surface area contributed by atoms with Gasteiger partial charge in [-0.2, -0.15) is 0 Å². The van der Waals surface area contributed by atoms with Gasteiger partial charge in [0.25, 0.3) is 0 Å². The highest BCUT2D eigenvalue weighted by Gasteiger charge is 2.70. The lowest BCUT2D eigenvalue weighted by atomic mass is 9.99. The van der Waals surface area contributed by atoms with Gasteiger partial charge in [0, 0.05) is 23.1 Å². The van der Waals surface area contributed by atoms with Crippen LogP contribution in [0.2, 0.25) is 0 Å². The Morgan fingerprint density at radius 1 is 1.24 bits per heavy atom. The number of fused-ring (bicyclic) bond motifs is 2. The van der Waals surface area contributed by atoms with Crippen LogP contribution in [0.15, 0.2) is 33.5 Å². The average molecular weight is 288 g/mol. The van der Waals surface area contributed by atoms with Crippen molar-refractivity contribution in [3.63, 3.8) is 0 Å². The highest BCUT2D eigenvalue weighted by atomic mass is 16.7. The number of carbonyl (C=O) groups is 1. The summed E-state index contributed by atoms with van der Waals surface area (Å²) in [5, 5.41) is 0.732. The molecule has 2 fully saturated rings. The van der Waals surface area contributed by atoms with Crippen LogP contribution in [-0.4, -0.2) is 24.8 Å². The normalized spacial score (nSPS) is 30.1. The fourth-order valence-corrected chi connectivity index (χ4v) is 2.78. The summed E-state index contributed by atoms with van der Waals surface area (Å²) in [6.45, 7) is 1.71. The Balaban J connectivity index is 1.87. The lowest BCUT2D eigenvalue weighted by Crippen LogP contribution is -2.17. The third-order valence-corrected chi connectivity index (χ3v) is 4.05. The van der Waals surface area contributed by atoms with E-state index in [4.69, 9.17) is 18.6 Å². The Labute approximate surface area is 119 Å². The van der Waals surface area contributed by atoms with Crippen LogP contribution in [0.3, 0.4) is 0 Å². The van der Waals surface area contributed by atoms with Crippen molar-refractivity contribution in [2.75, 3.05) is 7.11 Å². The maximum atomic E-state index is 11.8. The minimum atomic E-state index is -0.839. The first kappa shape index (κ1) is 12.4. The fraction of sp³-hybridized carbons (Fsp3) is 0.333. The molecule has 0 radical (unpaired) electrons. The van der Waals surface area contributed by atoms with E-state index in [2.05, 4.69) is 0 Å². The standard InChI is InChI=1S/C15H12O6/c1-15-13(21-15)12(20-14(15)17)8-5-7-3-4-11(16)19-9(7)6-10(8)18-2/h3-6,12-13H,1-2H3/t12-,13-,15-/m0/s1. The lowest BCUT2D eigenvalue weighted by molar-refractivity contribution is -0.153. The Hall–Kier alpha value is -2.34. The van der Waals surface area contributed by atoms with Crippen LogP contribution in [0.4, 0.5) is 0 Å². The van der Waals surface area contributed by atoms with Crippen LogP contribution in [0, 0.1) is 0 Å². The predicted octanol–water partition coefficient (Wildman–Crippen LogP) is 1.56. The van der Waals surface area contributed by atoms with E-state index in [9.17, 15) is 9.59 Å². The van der Waals surface area contributed by atoms with Gasteiger partial charge in [0.1, 0.15) is 17.4 Å². The average Bonchev–Trinajstić information content (AvgIpc) is 3.09. The van der Waals surface area contributed by atoms with Gasteiger partial charge in [-0.15, -0.1) is 0 Å². The molecule has 0 aliphatic carbocycles. The minimum Gasteiger partial charge on any atom is -0.496 e. The van der Waals surface area contributed by atoms with Gasteiger partial charge < -0.3 is 18.6 Å². The number of hydrogen-bond acceptors (Lipinski definition) is 6. The molecule has 2 saturated heterocycles. The molecular weight excluding hydrogens is 276 g/mol.